The van der Waals surface area contributed by atoms with Crippen molar-refractivity contribution in [2.24, 2.45) is 5.16 Å². The highest BCUT2D eigenvalue weighted by atomic mass is 16.4. The minimum atomic E-state index is 0.0118. The lowest BCUT2D eigenvalue weighted by Crippen LogP contribution is -2.10. The summed E-state index contributed by atoms with van der Waals surface area (Å²) in [6.45, 7) is 6.35. The SMILES string of the molecule is CC(C)(C)c1cc2c(o1)CCC/C2=N/O. The lowest BCUT2D eigenvalue weighted by molar-refractivity contribution is 0.316. The molecule has 0 atom stereocenters. The molecule has 3 heteroatoms. The highest BCUT2D eigenvalue weighted by Gasteiger charge is 2.26. The Bertz CT molecular complexity index is 396. The van der Waals surface area contributed by atoms with Gasteiger partial charge in [0.2, 0.25) is 0 Å². The number of nitrogens with zero attached hydrogens (tertiary/aromatic N) is 1. The molecule has 1 aromatic rings. The maximum Gasteiger partial charge on any atom is 0.113 e. The summed E-state index contributed by atoms with van der Waals surface area (Å²) in [5, 5.41) is 12.2. The number of rotatable bonds is 0. The van der Waals surface area contributed by atoms with Crippen molar-refractivity contribution >= 4 is 5.71 Å². The molecule has 82 valence electrons. The van der Waals surface area contributed by atoms with Gasteiger partial charge in [0.05, 0.1) is 5.71 Å². The largest absolute Gasteiger partial charge is 0.465 e. The van der Waals surface area contributed by atoms with E-state index in [4.69, 9.17) is 9.62 Å². The van der Waals surface area contributed by atoms with Crippen LogP contribution in [0.15, 0.2) is 15.6 Å². The van der Waals surface area contributed by atoms with Crippen molar-refractivity contribution in [3.05, 3.63) is 23.2 Å². The van der Waals surface area contributed by atoms with Crippen LogP contribution in [0, 0.1) is 0 Å². The van der Waals surface area contributed by atoms with Crippen molar-refractivity contribution in [2.75, 3.05) is 0 Å². The Morgan fingerprint density at radius 2 is 2.07 bits per heavy atom. The van der Waals surface area contributed by atoms with Crippen LogP contribution in [0.2, 0.25) is 0 Å². The molecule has 3 nitrogen and oxygen atoms in total. The van der Waals surface area contributed by atoms with Crippen LogP contribution in [0.3, 0.4) is 0 Å². The number of oxime groups is 1. The fourth-order valence-electron chi connectivity index (χ4n) is 1.88. The molecule has 1 aliphatic carbocycles. The Hall–Kier alpha value is -1.25. The first-order chi connectivity index (χ1) is 7.02. The van der Waals surface area contributed by atoms with Gasteiger partial charge in [-0.25, -0.2) is 0 Å². The molecule has 1 aromatic heterocycles. The topological polar surface area (TPSA) is 45.7 Å². The molecule has 0 fully saturated rings. The minimum Gasteiger partial charge on any atom is -0.465 e. The monoisotopic (exact) mass is 207 g/mol. The van der Waals surface area contributed by atoms with Crippen molar-refractivity contribution < 1.29 is 9.62 Å². The Labute approximate surface area is 89.8 Å². The summed E-state index contributed by atoms with van der Waals surface area (Å²) >= 11 is 0. The summed E-state index contributed by atoms with van der Waals surface area (Å²) < 4.78 is 5.81. The zero-order chi connectivity index (χ0) is 11.1. The lowest BCUT2D eigenvalue weighted by atomic mass is 9.91. The Morgan fingerprint density at radius 3 is 2.67 bits per heavy atom. The second-order valence-electron chi connectivity index (χ2n) is 5.10. The second-order valence-corrected chi connectivity index (χ2v) is 5.10. The molecule has 1 heterocycles. The average molecular weight is 207 g/mol. The number of aryl methyl sites for hydroxylation is 1. The van der Waals surface area contributed by atoms with E-state index in [9.17, 15) is 0 Å². The number of hydrogen-bond donors (Lipinski definition) is 1. The van der Waals surface area contributed by atoms with Crippen LogP contribution in [-0.4, -0.2) is 10.9 Å². The third-order valence-corrected chi connectivity index (χ3v) is 2.80. The Balaban J connectivity index is 2.47. The van der Waals surface area contributed by atoms with Crippen molar-refractivity contribution in [2.45, 2.75) is 45.4 Å². The minimum absolute atomic E-state index is 0.0118. The van der Waals surface area contributed by atoms with Crippen LogP contribution >= 0.6 is 0 Å². The first-order valence-corrected chi connectivity index (χ1v) is 5.37. The molecule has 1 N–H and O–H groups in total. The van der Waals surface area contributed by atoms with Gasteiger partial charge in [-0.05, 0) is 18.9 Å². The molecule has 0 saturated heterocycles. The van der Waals surface area contributed by atoms with Crippen LogP contribution in [-0.2, 0) is 11.8 Å². The lowest BCUT2D eigenvalue weighted by Gasteiger charge is -2.14. The number of furan rings is 1. The van der Waals surface area contributed by atoms with E-state index in [2.05, 4.69) is 25.9 Å². The normalized spacial score (nSPS) is 19.3. The van der Waals surface area contributed by atoms with E-state index in [1.54, 1.807) is 0 Å². The number of fused-ring (bicyclic) bond motifs is 1. The molecule has 0 amide bonds. The van der Waals surface area contributed by atoms with E-state index in [-0.39, 0.29) is 5.41 Å². The summed E-state index contributed by atoms with van der Waals surface area (Å²) in [5.74, 6) is 1.94. The molecule has 15 heavy (non-hydrogen) atoms. The van der Waals surface area contributed by atoms with Crippen LogP contribution in [0.1, 0.15) is 50.7 Å². The zero-order valence-corrected chi connectivity index (χ0v) is 9.50. The van der Waals surface area contributed by atoms with Crippen LogP contribution in [0.25, 0.3) is 0 Å². The standard InChI is InChI=1S/C12H17NO2/c1-12(2,3)11-7-8-9(13-14)5-4-6-10(8)15-11/h7,14H,4-6H2,1-3H3/b13-9-. The van der Waals surface area contributed by atoms with E-state index in [1.165, 1.54) is 0 Å². The van der Waals surface area contributed by atoms with Gasteiger partial charge in [0, 0.05) is 17.4 Å². The molecular weight excluding hydrogens is 190 g/mol. The molecule has 1 aliphatic rings. The Kier molecular flexibility index (Phi) is 2.33. The van der Waals surface area contributed by atoms with Crippen LogP contribution < -0.4 is 0 Å². The zero-order valence-electron chi connectivity index (χ0n) is 9.50. The molecule has 0 radical (unpaired) electrons. The maximum atomic E-state index is 8.90. The van der Waals surface area contributed by atoms with E-state index < -0.39 is 0 Å². The van der Waals surface area contributed by atoms with Gasteiger partial charge in [-0.15, -0.1) is 0 Å². The smallest absolute Gasteiger partial charge is 0.113 e. The van der Waals surface area contributed by atoms with Gasteiger partial charge >= 0.3 is 0 Å². The van der Waals surface area contributed by atoms with Crippen molar-refractivity contribution in [3.8, 4) is 0 Å². The average Bonchev–Trinajstić information content (AvgIpc) is 2.59. The third kappa shape index (κ3) is 1.78. The Morgan fingerprint density at radius 1 is 1.33 bits per heavy atom. The van der Waals surface area contributed by atoms with Gasteiger partial charge in [-0.2, -0.15) is 0 Å². The fourth-order valence-corrected chi connectivity index (χ4v) is 1.88. The molecule has 0 bridgehead atoms. The van der Waals surface area contributed by atoms with Crippen molar-refractivity contribution in [3.63, 3.8) is 0 Å². The summed E-state index contributed by atoms with van der Waals surface area (Å²) in [5.41, 5.74) is 1.77. The predicted octanol–water partition coefficient (Wildman–Crippen LogP) is 3.09. The first-order valence-electron chi connectivity index (χ1n) is 5.37. The molecule has 0 saturated carbocycles. The highest BCUT2D eigenvalue weighted by Crippen LogP contribution is 2.31. The molecule has 2 rings (SSSR count). The van der Waals surface area contributed by atoms with Gasteiger partial charge in [-0.1, -0.05) is 25.9 Å². The maximum absolute atomic E-state index is 8.90. The summed E-state index contributed by atoms with van der Waals surface area (Å²) in [7, 11) is 0. The third-order valence-electron chi connectivity index (χ3n) is 2.80. The van der Waals surface area contributed by atoms with E-state index in [0.29, 0.717) is 0 Å². The predicted molar refractivity (Wildman–Crippen MR) is 58.7 cm³/mol. The summed E-state index contributed by atoms with van der Waals surface area (Å²) in [6, 6.07) is 2.02. The van der Waals surface area contributed by atoms with E-state index >= 15 is 0 Å². The van der Waals surface area contributed by atoms with Crippen molar-refractivity contribution in [1.29, 1.82) is 0 Å². The van der Waals surface area contributed by atoms with E-state index in [1.807, 2.05) is 6.07 Å². The van der Waals surface area contributed by atoms with Crippen LogP contribution in [0.4, 0.5) is 0 Å². The first kappa shape index (κ1) is 10.3. The van der Waals surface area contributed by atoms with Gasteiger partial charge in [0.25, 0.3) is 0 Å². The molecule has 0 unspecified atom stereocenters. The molecule has 0 spiro atoms. The van der Waals surface area contributed by atoms with Crippen molar-refractivity contribution in [1.82, 2.24) is 0 Å². The van der Waals surface area contributed by atoms with Gasteiger partial charge in [0.1, 0.15) is 11.5 Å². The number of hydrogen-bond acceptors (Lipinski definition) is 3. The molecular formula is C12H17NO2. The van der Waals surface area contributed by atoms with Gasteiger partial charge in [0.15, 0.2) is 0 Å². The van der Waals surface area contributed by atoms with Crippen LogP contribution in [0.5, 0.6) is 0 Å². The quantitative estimate of drug-likeness (QED) is 0.525. The van der Waals surface area contributed by atoms with Gasteiger partial charge in [-0.3, -0.25) is 0 Å². The summed E-state index contributed by atoms with van der Waals surface area (Å²) in [6.07, 6.45) is 2.79. The van der Waals surface area contributed by atoms with Gasteiger partial charge < -0.3 is 9.62 Å². The fraction of sp³-hybridized carbons (Fsp3) is 0.583. The summed E-state index contributed by atoms with van der Waals surface area (Å²) in [4.78, 5) is 0. The molecule has 0 aromatic carbocycles. The highest BCUT2D eigenvalue weighted by molar-refractivity contribution is 6.02. The van der Waals surface area contributed by atoms with E-state index in [0.717, 1.165) is 42.1 Å². The molecule has 0 aliphatic heterocycles. The second kappa shape index (κ2) is 3.40.